The Hall–Kier alpha value is -1.48. The lowest BCUT2D eigenvalue weighted by Crippen LogP contribution is -2.20. The van der Waals surface area contributed by atoms with Crippen molar-refractivity contribution in [2.24, 2.45) is 0 Å². The Morgan fingerprint density at radius 1 is 1.19 bits per heavy atom. The topological polar surface area (TPSA) is 38.3 Å². The average Bonchev–Trinajstić information content (AvgIpc) is 2.96. The Morgan fingerprint density at radius 2 is 2.00 bits per heavy atom. The third kappa shape index (κ3) is 2.76. The Kier molecular flexibility index (Phi) is 3.83. The molecule has 0 aromatic carbocycles. The van der Waals surface area contributed by atoms with E-state index in [0.717, 1.165) is 30.9 Å². The second kappa shape index (κ2) is 5.56. The van der Waals surface area contributed by atoms with Gasteiger partial charge in [-0.2, -0.15) is 0 Å². The van der Waals surface area contributed by atoms with E-state index in [9.17, 15) is 0 Å². The summed E-state index contributed by atoms with van der Waals surface area (Å²) >= 11 is 0. The van der Waals surface area contributed by atoms with Crippen LogP contribution in [0.25, 0.3) is 0 Å². The van der Waals surface area contributed by atoms with Crippen LogP contribution in [0.3, 0.4) is 0 Å². The van der Waals surface area contributed by atoms with Crippen LogP contribution in [0.1, 0.15) is 30.9 Å². The molecule has 1 N–H and O–H groups in total. The molecule has 16 heavy (non-hydrogen) atoms. The fraction of sp³-hybridized carbons (Fsp3) is 0.385. The van der Waals surface area contributed by atoms with Crippen molar-refractivity contribution in [2.45, 2.75) is 25.8 Å². The van der Waals surface area contributed by atoms with Gasteiger partial charge in [-0.25, -0.2) is 0 Å². The van der Waals surface area contributed by atoms with Crippen LogP contribution >= 0.6 is 0 Å². The zero-order chi connectivity index (χ0) is 11.2. The van der Waals surface area contributed by atoms with Crippen molar-refractivity contribution in [2.75, 3.05) is 6.54 Å². The average molecular weight is 219 g/mol. The summed E-state index contributed by atoms with van der Waals surface area (Å²) in [5, 5.41) is 3.41. The predicted molar refractivity (Wildman–Crippen MR) is 62.2 cm³/mol. The molecule has 0 bridgehead atoms. The third-order valence-corrected chi connectivity index (χ3v) is 2.60. The highest BCUT2D eigenvalue weighted by Crippen LogP contribution is 2.19. The normalized spacial score (nSPS) is 12.8. The molecule has 0 fully saturated rings. The fourth-order valence-corrected chi connectivity index (χ4v) is 1.82. The maximum absolute atomic E-state index is 5.42. The van der Waals surface area contributed by atoms with Gasteiger partial charge in [-0.1, -0.05) is 6.92 Å². The van der Waals surface area contributed by atoms with Gasteiger partial charge in [-0.05, 0) is 37.2 Å². The molecule has 2 aromatic rings. The third-order valence-electron chi connectivity index (χ3n) is 2.60. The summed E-state index contributed by atoms with van der Waals surface area (Å²) in [6, 6.07) is 8.13. The van der Waals surface area contributed by atoms with E-state index < -0.39 is 0 Å². The summed E-state index contributed by atoms with van der Waals surface area (Å²) in [6.07, 6.45) is 5.33. The van der Waals surface area contributed by atoms with E-state index in [0.29, 0.717) is 0 Å². The summed E-state index contributed by atoms with van der Waals surface area (Å²) in [5.41, 5.74) is 0. The molecule has 0 aliphatic carbocycles. The van der Waals surface area contributed by atoms with E-state index in [1.807, 2.05) is 24.3 Å². The summed E-state index contributed by atoms with van der Waals surface area (Å²) in [6.45, 7) is 3.03. The van der Waals surface area contributed by atoms with Crippen LogP contribution < -0.4 is 5.32 Å². The van der Waals surface area contributed by atoms with Crippen LogP contribution in [-0.2, 0) is 6.42 Å². The molecule has 0 spiro atoms. The fourth-order valence-electron chi connectivity index (χ4n) is 1.82. The van der Waals surface area contributed by atoms with Gasteiger partial charge in [0, 0.05) is 6.42 Å². The largest absolute Gasteiger partial charge is 0.469 e. The van der Waals surface area contributed by atoms with Gasteiger partial charge >= 0.3 is 0 Å². The molecule has 3 nitrogen and oxygen atoms in total. The summed E-state index contributed by atoms with van der Waals surface area (Å²) in [4.78, 5) is 0. The molecule has 0 saturated heterocycles. The van der Waals surface area contributed by atoms with Gasteiger partial charge in [0.05, 0.1) is 18.6 Å². The van der Waals surface area contributed by atoms with E-state index >= 15 is 0 Å². The van der Waals surface area contributed by atoms with E-state index in [1.54, 1.807) is 12.5 Å². The minimum absolute atomic E-state index is 0.269. The Morgan fingerprint density at radius 3 is 2.62 bits per heavy atom. The lowest BCUT2D eigenvalue weighted by molar-refractivity contribution is 0.389. The first-order valence-corrected chi connectivity index (χ1v) is 5.69. The van der Waals surface area contributed by atoms with Gasteiger partial charge in [-0.15, -0.1) is 0 Å². The monoisotopic (exact) mass is 219 g/mol. The number of hydrogen-bond donors (Lipinski definition) is 1. The van der Waals surface area contributed by atoms with Crippen molar-refractivity contribution in [3.05, 3.63) is 48.3 Å². The smallest absolute Gasteiger partial charge is 0.120 e. The van der Waals surface area contributed by atoms with Crippen molar-refractivity contribution in [1.29, 1.82) is 0 Å². The highest BCUT2D eigenvalue weighted by Gasteiger charge is 2.13. The molecule has 3 heteroatoms. The van der Waals surface area contributed by atoms with Crippen LogP contribution in [0.15, 0.2) is 45.6 Å². The van der Waals surface area contributed by atoms with E-state index in [1.165, 1.54) is 0 Å². The van der Waals surface area contributed by atoms with Gasteiger partial charge in [0.25, 0.3) is 0 Å². The van der Waals surface area contributed by atoms with Crippen molar-refractivity contribution in [3.8, 4) is 0 Å². The van der Waals surface area contributed by atoms with Crippen LogP contribution in [0, 0.1) is 0 Å². The maximum Gasteiger partial charge on any atom is 0.120 e. The predicted octanol–water partition coefficient (Wildman–Crippen LogP) is 3.16. The first-order chi connectivity index (χ1) is 7.90. The Balaban J connectivity index is 1.93. The van der Waals surface area contributed by atoms with E-state index in [-0.39, 0.29) is 6.04 Å². The molecule has 2 aromatic heterocycles. The second-order valence-corrected chi connectivity index (χ2v) is 3.74. The van der Waals surface area contributed by atoms with Crippen molar-refractivity contribution < 1.29 is 8.83 Å². The minimum Gasteiger partial charge on any atom is -0.469 e. The molecular formula is C13H17NO2. The lowest BCUT2D eigenvalue weighted by Gasteiger charge is -2.14. The lowest BCUT2D eigenvalue weighted by atomic mass is 10.1. The van der Waals surface area contributed by atoms with Crippen molar-refractivity contribution in [1.82, 2.24) is 5.32 Å². The Bertz CT molecular complexity index is 378. The highest BCUT2D eigenvalue weighted by atomic mass is 16.3. The molecule has 0 amide bonds. The molecule has 1 unspecified atom stereocenters. The van der Waals surface area contributed by atoms with Gasteiger partial charge < -0.3 is 14.2 Å². The van der Waals surface area contributed by atoms with Gasteiger partial charge in [0.2, 0.25) is 0 Å². The number of rotatable bonds is 6. The minimum atomic E-state index is 0.269. The molecule has 0 aliphatic rings. The molecule has 86 valence electrons. The number of furan rings is 2. The van der Waals surface area contributed by atoms with Crippen LogP contribution in [0.2, 0.25) is 0 Å². The zero-order valence-corrected chi connectivity index (χ0v) is 9.48. The standard InChI is InChI=1S/C13H17NO2/c1-2-14-12(13-6-4-10-16-13)8-7-11-5-3-9-15-11/h3-6,9-10,12,14H,2,7-8H2,1H3. The quantitative estimate of drug-likeness (QED) is 0.811. The highest BCUT2D eigenvalue weighted by molar-refractivity contribution is 5.06. The van der Waals surface area contributed by atoms with E-state index in [2.05, 4.69) is 12.2 Å². The number of hydrogen-bond acceptors (Lipinski definition) is 3. The van der Waals surface area contributed by atoms with E-state index in [4.69, 9.17) is 8.83 Å². The van der Waals surface area contributed by atoms with Crippen LogP contribution in [0.5, 0.6) is 0 Å². The Labute approximate surface area is 95.5 Å². The molecule has 2 heterocycles. The summed E-state index contributed by atoms with van der Waals surface area (Å²) in [7, 11) is 0. The summed E-state index contributed by atoms with van der Waals surface area (Å²) in [5.74, 6) is 2.02. The van der Waals surface area contributed by atoms with Gasteiger partial charge in [0.15, 0.2) is 0 Å². The van der Waals surface area contributed by atoms with Crippen molar-refractivity contribution >= 4 is 0 Å². The van der Waals surface area contributed by atoms with Gasteiger partial charge in [0.1, 0.15) is 11.5 Å². The molecule has 0 saturated carbocycles. The number of aryl methyl sites for hydroxylation is 1. The zero-order valence-electron chi connectivity index (χ0n) is 9.48. The first-order valence-electron chi connectivity index (χ1n) is 5.69. The van der Waals surface area contributed by atoms with Crippen LogP contribution in [0.4, 0.5) is 0 Å². The SMILES string of the molecule is CCNC(CCc1ccco1)c1ccco1. The maximum atomic E-state index is 5.42. The molecular weight excluding hydrogens is 202 g/mol. The van der Waals surface area contributed by atoms with Gasteiger partial charge in [-0.3, -0.25) is 0 Å². The number of nitrogens with one attached hydrogen (secondary N) is 1. The second-order valence-electron chi connectivity index (χ2n) is 3.74. The first kappa shape index (κ1) is 11.0. The molecule has 2 rings (SSSR count). The molecule has 0 radical (unpaired) electrons. The summed E-state index contributed by atoms with van der Waals surface area (Å²) < 4.78 is 10.7. The van der Waals surface area contributed by atoms with Crippen LogP contribution in [-0.4, -0.2) is 6.54 Å². The molecule has 0 aliphatic heterocycles. The van der Waals surface area contributed by atoms with Crippen molar-refractivity contribution in [3.63, 3.8) is 0 Å². The molecule has 1 atom stereocenters.